The zero-order chi connectivity index (χ0) is 14.5. The molecule has 0 fully saturated rings. The van der Waals surface area contributed by atoms with Gasteiger partial charge in [0.15, 0.2) is 0 Å². The van der Waals surface area contributed by atoms with E-state index in [1.807, 2.05) is 18.2 Å². The van der Waals surface area contributed by atoms with Crippen molar-refractivity contribution in [2.24, 2.45) is 5.73 Å². The van der Waals surface area contributed by atoms with Gasteiger partial charge in [0.25, 0.3) is 0 Å². The third-order valence-electron chi connectivity index (χ3n) is 3.15. The maximum absolute atomic E-state index is 13.2. The third kappa shape index (κ3) is 3.42. The molecule has 104 valence electrons. The summed E-state index contributed by atoms with van der Waals surface area (Å²) in [6.45, 7) is 1.80. The van der Waals surface area contributed by atoms with E-state index in [-0.39, 0.29) is 17.8 Å². The quantitative estimate of drug-likeness (QED) is 0.899. The molecule has 2 atom stereocenters. The summed E-state index contributed by atoms with van der Waals surface area (Å²) in [6.07, 6.45) is 0. The van der Waals surface area contributed by atoms with E-state index in [1.165, 1.54) is 12.1 Å². The Kier molecular flexibility index (Phi) is 4.48. The van der Waals surface area contributed by atoms with Gasteiger partial charge in [0.2, 0.25) is 5.91 Å². The van der Waals surface area contributed by atoms with E-state index in [0.717, 1.165) is 5.56 Å². The molecule has 3 nitrogen and oxygen atoms in total. The second-order valence-electron chi connectivity index (χ2n) is 4.67. The fraction of sp³-hybridized carbons (Fsp3) is 0.188. The van der Waals surface area contributed by atoms with Crippen molar-refractivity contribution in [1.29, 1.82) is 0 Å². The van der Waals surface area contributed by atoms with Crippen LogP contribution in [0.25, 0.3) is 0 Å². The Labute approximate surface area is 117 Å². The first-order chi connectivity index (χ1) is 9.58. The fourth-order valence-corrected chi connectivity index (χ4v) is 1.97. The van der Waals surface area contributed by atoms with Crippen LogP contribution < -0.4 is 11.1 Å². The minimum atomic E-state index is -0.729. The number of nitrogens with one attached hydrogen (secondary N) is 1. The Morgan fingerprint density at radius 3 is 2.40 bits per heavy atom. The van der Waals surface area contributed by atoms with E-state index in [4.69, 9.17) is 5.73 Å². The molecule has 0 aliphatic heterocycles. The van der Waals surface area contributed by atoms with Crippen molar-refractivity contribution in [3.8, 4) is 0 Å². The summed E-state index contributed by atoms with van der Waals surface area (Å²) < 4.78 is 13.2. The summed E-state index contributed by atoms with van der Waals surface area (Å²) >= 11 is 0. The predicted octanol–water partition coefficient (Wildman–Crippen LogP) is 2.70. The Morgan fingerprint density at radius 1 is 1.10 bits per heavy atom. The van der Waals surface area contributed by atoms with Crippen molar-refractivity contribution in [2.45, 2.75) is 19.0 Å². The highest BCUT2D eigenvalue weighted by Crippen LogP contribution is 2.16. The first-order valence-electron chi connectivity index (χ1n) is 6.44. The summed E-state index contributed by atoms with van der Waals surface area (Å²) in [5.41, 5.74) is 7.36. The number of carbonyl (C=O) groups is 1. The monoisotopic (exact) mass is 272 g/mol. The molecule has 3 N–H and O–H groups in total. The molecule has 0 aliphatic carbocycles. The smallest absolute Gasteiger partial charge is 0.241 e. The van der Waals surface area contributed by atoms with Crippen LogP contribution >= 0.6 is 0 Å². The van der Waals surface area contributed by atoms with Gasteiger partial charge in [-0.05, 0) is 30.2 Å². The lowest BCUT2D eigenvalue weighted by molar-refractivity contribution is -0.123. The van der Waals surface area contributed by atoms with Gasteiger partial charge in [0.1, 0.15) is 11.9 Å². The molecule has 1 amide bonds. The lowest BCUT2D eigenvalue weighted by Gasteiger charge is -2.18. The second-order valence-corrected chi connectivity index (χ2v) is 4.67. The molecule has 0 aromatic heterocycles. The largest absolute Gasteiger partial charge is 0.348 e. The lowest BCUT2D eigenvalue weighted by Crippen LogP contribution is -2.35. The lowest BCUT2D eigenvalue weighted by atomic mass is 10.0. The summed E-state index contributed by atoms with van der Waals surface area (Å²) in [7, 11) is 0. The van der Waals surface area contributed by atoms with Crippen molar-refractivity contribution in [1.82, 2.24) is 5.32 Å². The summed E-state index contributed by atoms with van der Waals surface area (Å²) in [5, 5.41) is 2.79. The minimum Gasteiger partial charge on any atom is -0.348 e. The molecule has 1 unspecified atom stereocenters. The molecule has 0 radical (unpaired) electrons. The van der Waals surface area contributed by atoms with E-state index in [9.17, 15) is 9.18 Å². The zero-order valence-electron chi connectivity index (χ0n) is 11.2. The van der Waals surface area contributed by atoms with Gasteiger partial charge < -0.3 is 11.1 Å². The van der Waals surface area contributed by atoms with Crippen LogP contribution in [0.5, 0.6) is 0 Å². The van der Waals surface area contributed by atoms with E-state index in [1.54, 1.807) is 31.2 Å². The number of hydrogen-bond donors (Lipinski definition) is 2. The number of benzene rings is 2. The van der Waals surface area contributed by atoms with Crippen LogP contribution in [0.4, 0.5) is 4.39 Å². The van der Waals surface area contributed by atoms with Gasteiger partial charge in [-0.25, -0.2) is 4.39 Å². The van der Waals surface area contributed by atoms with E-state index in [0.29, 0.717) is 5.56 Å². The maximum atomic E-state index is 13.2. The van der Waals surface area contributed by atoms with Gasteiger partial charge in [0, 0.05) is 0 Å². The molecule has 0 bridgehead atoms. The zero-order valence-corrected chi connectivity index (χ0v) is 11.2. The number of amides is 1. The van der Waals surface area contributed by atoms with Crippen molar-refractivity contribution < 1.29 is 9.18 Å². The van der Waals surface area contributed by atoms with Crippen molar-refractivity contribution in [2.75, 3.05) is 0 Å². The molecule has 0 saturated carbocycles. The first-order valence-corrected chi connectivity index (χ1v) is 6.44. The fourth-order valence-electron chi connectivity index (χ4n) is 1.97. The van der Waals surface area contributed by atoms with E-state index >= 15 is 0 Å². The normalized spacial score (nSPS) is 13.6. The molecule has 2 aromatic rings. The van der Waals surface area contributed by atoms with Crippen LogP contribution in [0.2, 0.25) is 0 Å². The van der Waals surface area contributed by atoms with Gasteiger partial charge in [0.05, 0.1) is 6.04 Å². The van der Waals surface area contributed by atoms with Crippen LogP contribution in [0.15, 0.2) is 54.6 Å². The average molecular weight is 272 g/mol. The molecular formula is C16H17FN2O. The van der Waals surface area contributed by atoms with Gasteiger partial charge in [-0.1, -0.05) is 42.5 Å². The summed E-state index contributed by atoms with van der Waals surface area (Å²) in [5.74, 6) is -0.607. The topological polar surface area (TPSA) is 55.1 Å². The number of carbonyl (C=O) groups excluding carboxylic acids is 1. The Hall–Kier alpha value is -2.20. The Morgan fingerprint density at radius 2 is 1.75 bits per heavy atom. The van der Waals surface area contributed by atoms with Gasteiger partial charge in [-0.2, -0.15) is 0 Å². The van der Waals surface area contributed by atoms with Gasteiger partial charge in [-0.3, -0.25) is 4.79 Å². The average Bonchev–Trinajstić information content (AvgIpc) is 2.47. The molecule has 4 heteroatoms. The standard InChI is InChI=1S/C16H17FN2O/c1-11(13-8-5-9-14(17)10-13)19-16(20)15(18)12-6-3-2-4-7-12/h2-11,15H,18H2,1H3,(H,19,20)/t11-,15?/m0/s1. The molecule has 20 heavy (non-hydrogen) atoms. The van der Waals surface area contributed by atoms with Gasteiger partial charge in [-0.15, -0.1) is 0 Å². The molecular weight excluding hydrogens is 255 g/mol. The van der Waals surface area contributed by atoms with Crippen molar-refractivity contribution in [3.63, 3.8) is 0 Å². The second kappa shape index (κ2) is 6.30. The SMILES string of the molecule is C[C@H](NC(=O)C(N)c1ccccc1)c1cccc(F)c1. The van der Waals surface area contributed by atoms with Crippen LogP contribution in [-0.2, 0) is 4.79 Å². The van der Waals surface area contributed by atoms with E-state index < -0.39 is 6.04 Å². The van der Waals surface area contributed by atoms with Gasteiger partial charge >= 0.3 is 0 Å². The highest BCUT2D eigenvalue weighted by Gasteiger charge is 2.18. The molecule has 2 aromatic carbocycles. The van der Waals surface area contributed by atoms with Crippen LogP contribution in [-0.4, -0.2) is 5.91 Å². The molecule has 0 saturated heterocycles. The van der Waals surface area contributed by atoms with Crippen LogP contribution in [0.1, 0.15) is 30.1 Å². The van der Waals surface area contributed by atoms with Crippen molar-refractivity contribution >= 4 is 5.91 Å². The summed E-state index contributed by atoms with van der Waals surface area (Å²) in [4.78, 5) is 12.1. The van der Waals surface area contributed by atoms with E-state index in [2.05, 4.69) is 5.32 Å². The number of halogens is 1. The molecule has 2 rings (SSSR count). The minimum absolute atomic E-state index is 0.284. The molecule has 0 spiro atoms. The first kappa shape index (κ1) is 14.2. The number of rotatable bonds is 4. The highest BCUT2D eigenvalue weighted by atomic mass is 19.1. The Bertz CT molecular complexity index is 586. The predicted molar refractivity (Wildman–Crippen MR) is 76.3 cm³/mol. The van der Waals surface area contributed by atoms with Crippen molar-refractivity contribution in [3.05, 3.63) is 71.5 Å². The number of nitrogens with two attached hydrogens (primary N) is 1. The van der Waals surface area contributed by atoms with Crippen LogP contribution in [0.3, 0.4) is 0 Å². The number of hydrogen-bond acceptors (Lipinski definition) is 2. The summed E-state index contributed by atoms with van der Waals surface area (Å²) in [6, 6.07) is 14.3. The Balaban J connectivity index is 2.04. The molecule has 0 aliphatic rings. The maximum Gasteiger partial charge on any atom is 0.241 e. The highest BCUT2D eigenvalue weighted by molar-refractivity contribution is 5.83. The van der Waals surface area contributed by atoms with Crippen LogP contribution in [0, 0.1) is 5.82 Å². The third-order valence-corrected chi connectivity index (χ3v) is 3.15. The molecule has 0 heterocycles.